The van der Waals surface area contributed by atoms with E-state index in [2.05, 4.69) is 51.0 Å². The molecule has 0 spiro atoms. The zero-order chi connectivity index (χ0) is 20.6. The topological polar surface area (TPSA) is 75.9 Å². The van der Waals surface area contributed by atoms with Gasteiger partial charge in [-0.25, -0.2) is 0 Å². The normalized spacial score (nSPS) is 19.4. The summed E-state index contributed by atoms with van der Waals surface area (Å²) >= 11 is 1.47. The summed E-state index contributed by atoms with van der Waals surface area (Å²) in [6.45, 7) is 4.03. The number of nitrogens with one attached hydrogen (secondary N) is 1. The van der Waals surface area contributed by atoms with E-state index in [4.69, 9.17) is 0 Å². The van der Waals surface area contributed by atoms with Crippen molar-refractivity contribution in [3.8, 4) is 11.4 Å². The SMILES string of the molecule is C[C@H]1CCCC[C@@H]1NC(=O)CSc1nnc(-c2ccncc2)n1CCCN(C)C. The molecule has 1 aliphatic carbocycles. The molecule has 0 saturated heterocycles. The quantitative estimate of drug-likeness (QED) is 0.633. The van der Waals surface area contributed by atoms with Crippen molar-refractivity contribution < 1.29 is 4.79 Å². The van der Waals surface area contributed by atoms with Crippen LogP contribution in [0.25, 0.3) is 11.4 Å². The van der Waals surface area contributed by atoms with Crippen LogP contribution in [0, 0.1) is 5.92 Å². The maximum absolute atomic E-state index is 12.5. The first-order valence-corrected chi connectivity index (χ1v) is 11.4. The van der Waals surface area contributed by atoms with Gasteiger partial charge in [0.2, 0.25) is 5.91 Å². The second kappa shape index (κ2) is 10.7. The van der Waals surface area contributed by atoms with Gasteiger partial charge in [-0.1, -0.05) is 31.5 Å². The number of hydrogen-bond acceptors (Lipinski definition) is 6. The van der Waals surface area contributed by atoms with E-state index in [0.717, 1.165) is 42.5 Å². The van der Waals surface area contributed by atoms with Crippen LogP contribution in [0.1, 0.15) is 39.0 Å². The standard InChI is InChI=1S/C21H32N6OS/c1-16-7-4-5-8-18(16)23-19(28)15-29-21-25-24-20(17-9-11-22-12-10-17)27(21)14-6-13-26(2)3/h9-12,16,18H,4-8,13-15H2,1-3H3,(H,23,28)/t16-,18-/m0/s1. The molecule has 0 unspecified atom stereocenters. The second-order valence-corrected chi connectivity index (χ2v) is 9.02. The fourth-order valence-corrected chi connectivity index (χ4v) is 4.54. The van der Waals surface area contributed by atoms with E-state index in [1.165, 1.54) is 31.0 Å². The highest BCUT2D eigenvalue weighted by molar-refractivity contribution is 7.99. The smallest absolute Gasteiger partial charge is 0.230 e. The zero-order valence-corrected chi connectivity index (χ0v) is 18.5. The predicted octanol–water partition coefficient (Wildman–Crippen LogP) is 3.08. The van der Waals surface area contributed by atoms with E-state index in [1.807, 2.05) is 12.1 Å². The molecule has 0 radical (unpaired) electrons. The maximum Gasteiger partial charge on any atom is 0.230 e. The summed E-state index contributed by atoms with van der Waals surface area (Å²) in [7, 11) is 4.14. The third-order valence-electron chi connectivity index (χ3n) is 5.43. The summed E-state index contributed by atoms with van der Waals surface area (Å²) in [5.74, 6) is 1.84. The fourth-order valence-electron chi connectivity index (χ4n) is 3.77. The molecule has 7 nitrogen and oxygen atoms in total. The maximum atomic E-state index is 12.5. The molecule has 2 atom stereocenters. The van der Waals surface area contributed by atoms with Gasteiger partial charge in [0.15, 0.2) is 11.0 Å². The lowest BCUT2D eigenvalue weighted by Gasteiger charge is -2.29. The second-order valence-electron chi connectivity index (χ2n) is 8.07. The largest absolute Gasteiger partial charge is 0.352 e. The van der Waals surface area contributed by atoms with Gasteiger partial charge < -0.3 is 14.8 Å². The van der Waals surface area contributed by atoms with Crippen LogP contribution < -0.4 is 5.32 Å². The molecule has 158 valence electrons. The number of aromatic nitrogens is 4. The van der Waals surface area contributed by atoms with Crippen LogP contribution in [0.3, 0.4) is 0 Å². The summed E-state index contributed by atoms with van der Waals surface area (Å²) < 4.78 is 2.13. The summed E-state index contributed by atoms with van der Waals surface area (Å²) in [6, 6.07) is 4.19. The van der Waals surface area contributed by atoms with E-state index in [-0.39, 0.29) is 5.91 Å². The first-order chi connectivity index (χ1) is 14.0. The predicted molar refractivity (Wildman–Crippen MR) is 117 cm³/mol. The minimum Gasteiger partial charge on any atom is -0.352 e. The first-order valence-electron chi connectivity index (χ1n) is 10.4. The average molecular weight is 417 g/mol. The van der Waals surface area contributed by atoms with Gasteiger partial charge in [0.25, 0.3) is 0 Å². The van der Waals surface area contributed by atoms with E-state index in [1.54, 1.807) is 12.4 Å². The molecule has 29 heavy (non-hydrogen) atoms. The molecule has 1 N–H and O–H groups in total. The van der Waals surface area contributed by atoms with Gasteiger partial charge in [-0.2, -0.15) is 0 Å². The minimum absolute atomic E-state index is 0.0852. The van der Waals surface area contributed by atoms with Crippen molar-refractivity contribution in [1.29, 1.82) is 0 Å². The molecule has 1 fully saturated rings. The lowest BCUT2D eigenvalue weighted by atomic mass is 9.86. The lowest BCUT2D eigenvalue weighted by Crippen LogP contribution is -2.41. The fraction of sp³-hybridized carbons (Fsp3) is 0.619. The molecule has 0 aliphatic heterocycles. The van der Waals surface area contributed by atoms with Crippen LogP contribution in [0.5, 0.6) is 0 Å². The van der Waals surface area contributed by atoms with Crippen LogP contribution in [0.2, 0.25) is 0 Å². The summed E-state index contributed by atoms with van der Waals surface area (Å²) in [5.41, 5.74) is 0.990. The number of rotatable bonds is 9. The Labute approximate surface area is 177 Å². The van der Waals surface area contributed by atoms with Crippen molar-refractivity contribution in [2.24, 2.45) is 5.92 Å². The number of nitrogens with zero attached hydrogens (tertiary/aromatic N) is 5. The van der Waals surface area contributed by atoms with Gasteiger partial charge in [0.1, 0.15) is 0 Å². The lowest BCUT2D eigenvalue weighted by molar-refractivity contribution is -0.119. The van der Waals surface area contributed by atoms with Gasteiger partial charge >= 0.3 is 0 Å². The molecule has 3 rings (SSSR count). The van der Waals surface area contributed by atoms with Crippen molar-refractivity contribution in [2.45, 2.75) is 56.8 Å². The van der Waals surface area contributed by atoms with Crippen LogP contribution in [0.15, 0.2) is 29.7 Å². The Morgan fingerprint density at radius 1 is 1.24 bits per heavy atom. The molecule has 8 heteroatoms. The molecule has 0 aromatic carbocycles. The Morgan fingerprint density at radius 2 is 2.00 bits per heavy atom. The van der Waals surface area contributed by atoms with Gasteiger partial charge in [0.05, 0.1) is 5.75 Å². The Bertz CT molecular complexity index is 779. The average Bonchev–Trinajstić information content (AvgIpc) is 3.11. The monoisotopic (exact) mass is 416 g/mol. The van der Waals surface area contributed by atoms with Crippen molar-refractivity contribution in [3.63, 3.8) is 0 Å². The Balaban J connectivity index is 1.65. The number of carbonyl (C=O) groups excluding carboxylic acids is 1. The van der Waals surface area contributed by atoms with Crippen molar-refractivity contribution in [3.05, 3.63) is 24.5 Å². The Hall–Kier alpha value is -1.93. The Morgan fingerprint density at radius 3 is 2.72 bits per heavy atom. The van der Waals surface area contributed by atoms with Crippen LogP contribution in [0.4, 0.5) is 0 Å². The van der Waals surface area contributed by atoms with E-state index in [9.17, 15) is 4.79 Å². The van der Waals surface area contributed by atoms with Crippen LogP contribution in [-0.2, 0) is 11.3 Å². The highest BCUT2D eigenvalue weighted by atomic mass is 32.2. The number of amides is 1. The third kappa shape index (κ3) is 6.27. The summed E-state index contributed by atoms with van der Waals surface area (Å²) in [4.78, 5) is 18.8. The molecular weight excluding hydrogens is 384 g/mol. The van der Waals surface area contributed by atoms with Gasteiger partial charge in [-0.05, 0) is 58.0 Å². The van der Waals surface area contributed by atoms with Crippen molar-refractivity contribution in [1.82, 2.24) is 30.0 Å². The van der Waals surface area contributed by atoms with E-state index < -0.39 is 0 Å². The molecular formula is C21H32N6OS. The van der Waals surface area contributed by atoms with E-state index >= 15 is 0 Å². The summed E-state index contributed by atoms with van der Waals surface area (Å²) in [6.07, 6.45) is 9.29. The van der Waals surface area contributed by atoms with Gasteiger partial charge in [-0.15, -0.1) is 10.2 Å². The van der Waals surface area contributed by atoms with Crippen LogP contribution >= 0.6 is 11.8 Å². The highest BCUT2D eigenvalue weighted by Crippen LogP contribution is 2.26. The molecule has 1 saturated carbocycles. The zero-order valence-electron chi connectivity index (χ0n) is 17.7. The number of thioether (sulfide) groups is 1. The molecule has 2 heterocycles. The number of pyridine rings is 1. The third-order valence-corrected chi connectivity index (χ3v) is 6.40. The molecule has 1 amide bonds. The van der Waals surface area contributed by atoms with Gasteiger partial charge in [-0.3, -0.25) is 9.78 Å². The van der Waals surface area contributed by atoms with E-state index in [0.29, 0.717) is 17.7 Å². The van der Waals surface area contributed by atoms with Crippen LogP contribution in [-0.4, -0.2) is 63.0 Å². The molecule has 1 aliphatic rings. The molecule has 2 aromatic rings. The molecule has 0 bridgehead atoms. The Kier molecular flexibility index (Phi) is 8.06. The first kappa shape index (κ1) is 21.8. The number of carbonyl (C=O) groups is 1. The highest BCUT2D eigenvalue weighted by Gasteiger charge is 2.23. The number of hydrogen-bond donors (Lipinski definition) is 1. The van der Waals surface area contributed by atoms with Gasteiger partial charge in [0, 0.05) is 30.5 Å². The summed E-state index contributed by atoms with van der Waals surface area (Å²) in [5, 5.41) is 12.8. The molecule has 2 aromatic heterocycles. The minimum atomic E-state index is 0.0852. The van der Waals surface area contributed by atoms with Crippen molar-refractivity contribution >= 4 is 17.7 Å². The van der Waals surface area contributed by atoms with Crippen molar-refractivity contribution in [2.75, 3.05) is 26.4 Å².